The largest absolute Gasteiger partial charge is 0.507 e. The molecule has 1 fully saturated rings. The number of rotatable bonds is 3. The molecular weight excluding hydrogens is 388 g/mol. The highest BCUT2D eigenvalue weighted by molar-refractivity contribution is 7.98. The van der Waals surface area contributed by atoms with Crippen molar-refractivity contribution in [2.75, 3.05) is 25.1 Å². The first-order valence-corrected chi connectivity index (χ1v) is 10.9. The molecule has 1 aliphatic rings. The van der Waals surface area contributed by atoms with Crippen LogP contribution in [0, 0.1) is 0 Å². The van der Waals surface area contributed by atoms with E-state index in [1.54, 1.807) is 22.7 Å². The Hall–Kier alpha value is -2.48. The van der Waals surface area contributed by atoms with E-state index in [2.05, 4.69) is 9.97 Å². The van der Waals surface area contributed by atoms with E-state index in [0.717, 1.165) is 23.4 Å². The van der Waals surface area contributed by atoms with Crippen molar-refractivity contribution < 1.29 is 14.6 Å². The first-order chi connectivity index (χ1) is 13.7. The zero-order valence-corrected chi connectivity index (χ0v) is 18.1. The van der Waals surface area contributed by atoms with Crippen molar-refractivity contribution in [2.45, 2.75) is 50.0 Å². The molecule has 7 nitrogen and oxygen atoms in total. The number of ether oxygens (including phenoxy) is 1. The molecule has 0 aliphatic carbocycles. The lowest BCUT2D eigenvalue weighted by molar-refractivity contribution is 0.0197. The zero-order chi connectivity index (χ0) is 21.2. The van der Waals surface area contributed by atoms with Gasteiger partial charge in [0, 0.05) is 29.5 Å². The third-order valence-corrected chi connectivity index (χ3v) is 5.46. The molecule has 1 aliphatic heterocycles. The minimum atomic E-state index is -0.531. The van der Waals surface area contributed by atoms with Crippen LogP contribution in [0.25, 0.3) is 11.3 Å². The lowest BCUT2D eigenvalue weighted by Crippen LogP contribution is -2.42. The Morgan fingerprint density at radius 3 is 2.76 bits per heavy atom. The molecule has 29 heavy (non-hydrogen) atoms. The number of anilines is 1. The van der Waals surface area contributed by atoms with E-state index in [4.69, 9.17) is 10.5 Å². The smallest absolute Gasteiger partial charge is 0.410 e. The maximum absolute atomic E-state index is 12.5. The molecule has 2 aromatic rings. The van der Waals surface area contributed by atoms with Gasteiger partial charge in [0.05, 0.1) is 11.4 Å². The second kappa shape index (κ2) is 8.49. The molecule has 3 rings (SSSR count). The fourth-order valence-corrected chi connectivity index (χ4v) is 3.83. The lowest BCUT2D eigenvalue weighted by Gasteiger charge is -2.34. The predicted molar refractivity (Wildman–Crippen MR) is 115 cm³/mol. The van der Waals surface area contributed by atoms with E-state index in [0.29, 0.717) is 24.3 Å². The van der Waals surface area contributed by atoms with Crippen LogP contribution >= 0.6 is 11.8 Å². The number of nitrogen functional groups attached to an aromatic ring is 1. The third-order valence-electron chi connectivity index (χ3n) is 4.73. The van der Waals surface area contributed by atoms with Crippen LogP contribution in [-0.2, 0) is 4.74 Å². The van der Waals surface area contributed by atoms with Crippen molar-refractivity contribution in [1.29, 1.82) is 0 Å². The number of carbonyl (C=O) groups is 1. The van der Waals surface area contributed by atoms with Crippen molar-refractivity contribution in [2.24, 2.45) is 0 Å². The van der Waals surface area contributed by atoms with Gasteiger partial charge in [-0.2, -0.15) is 0 Å². The van der Waals surface area contributed by atoms with Gasteiger partial charge in [-0.25, -0.2) is 14.8 Å². The van der Waals surface area contributed by atoms with E-state index >= 15 is 0 Å². The number of aromatic nitrogens is 2. The SMILES string of the molecule is CSc1ccc(O)c(-c2cc(C3CCCN(C(=O)OC(C)(C)C)C3)nc(N)n2)c1. The standard InChI is InChI=1S/C21H28N4O3S/c1-21(2,3)28-20(27)25-9-5-6-13(12-25)16-11-17(24-19(22)23-16)15-10-14(29-4)7-8-18(15)26/h7-8,10-11,13,26H,5-6,9,12H2,1-4H3,(H2,22,23,24). The zero-order valence-electron chi connectivity index (χ0n) is 17.3. The Balaban J connectivity index is 1.87. The normalized spacial score (nSPS) is 17.2. The molecule has 0 spiro atoms. The fourth-order valence-electron chi connectivity index (χ4n) is 3.39. The number of hydrogen-bond acceptors (Lipinski definition) is 7. The number of phenolic OH excluding ortho intramolecular Hbond substituents is 1. The van der Waals surface area contributed by atoms with Crippen LogP contribution in [0.3, 0.4) is 0 Å². The molecule has 1 saturated heterocycles. The monoisotopic (exact) mass is 416 g/mol. The quantitative estimate of drug-likeness (QED) is 0.721. The third kappa shape index (κ3) is 5.32. The highest BCUT2D eigenvalue weighted by atomic mass is 32.2. The summed E-state index contributed by atoms with van der Waals surface area (Å²) in [4.78, 5) is 24.0. The summed E-state index contributed by atoms with van der Waals surface area (Å²) < 4.78 is 5.51. The predicted octanol–water partition coefficient (Wildman–Crippen LogP) is 4.27. The van der Waals surface area contributed by atoms with Crippen LogP contribution in [0.15, 0.2) is 29.2 Å². The summed E-state index contributed by atoms with van der Waals surface area (Å²) in [5.74, 6) is 0.331. The van der Waals surface area contributed by atoms with E-state index in [1.807, 2.05) is 45.2 Å². The van der Waals surface area contributed by atoms with Crippen molar-refractivity contribution in [3.05, 3.63) is 30.0 Å². The van der Waals surface area contributed by atoms with Gasteiger partial charge < -0.3 is 20.5 Å². The highest BCUT2D eigenvalue weighted by Gasteiger charge is 2.29. The Morgan fingerprint density at radius 1 is 1.31 bits per heavy atom. The molecular formula is C21H28N4O3S. The van der Waals surface area contributed by atoms with Crippen LogP contribution < -0.4 is 5.73 Å². The second-order valence-corrected chi connectivity index (χ2v) is 9.06. The number of carbonyl (C=O) groups excluding carboxylic acids is 1. The molecule has 1 aromatic heterocycles. The van der Waals surface area contributed by atoms with Crippen LogP contribution in [-0.4, -0.2) is 51.0 Å². The number of phenols is 1. The molecule has 2 heterocycles. The average Bonchev–Trinajstić information content (AvgIpc) is 2.66. The van der Waals surface area contributed by atoms with Crippen LogP contribution in [0.2, 0.25) is 0 Å². The second-order valence-electron chi connectivity index (χ2n) is 8.18. The van der Waals surface area contributed by atoms with Crippen LogP contribution in [0.1, 0.15) is 45.2 Å². The number of likely N-dealkylation sites (tertiary alicyclic amines) is 1. The molecule has 1 aromatic carbocycles. The Bertz CT molecular complexity index is 898. The van der Waals surface area contributed by atoms with Crippen molar-refractivity contribution in [3.63, 3.8) is 0 Å². The maximum Gasteiger partial charge on any atom is 0.410 e. The molecule has 1 atom stereocenters. The summed E-state index contributed by atoms with van der Waals surface area (Å²) in [6, 6.07) is 7.26. The van der Waals surface area contributed by atoms with E-state index in [1.165, 1.54) is 0 Å². The molecule has 1 unspecified atom stereocenters. The van der Waals surface area contributed by atoms with Crippen molar-refractivity contribution in [1.82, 2.24) is 14.9 Å². The van der Waals surface area contributed by atoms with E-state index < -0.39 is 5.60 Å². The fraction of sp³-hybridized carbons (Fsp3) is 0.476. The molecule has 156 valence electrons. The number of piperidine rings is 1. The average molecular weight is 417 g/mol. The van der Waals surface area contributed by atoms with Crippen LogP contribution in [0.4, 0.5) is 10.7 Å². The molecule has 3 N–H and O–H groups in total. The van der Waals surface area contributed by atoms with E-state index in [9.17, 15) is 9.90 Å². The number of benzene rings is 1. The molecule has 0 bridgehead atoms. The van der Waals surface area contributed by atoms with Gasteiger partial charge in [0.1, 0.15) is 11.4 Å². The summed E-state index contributed by atoms with van der Waals surface area (Å²) in [6.07, 6.45) is 3.42. The molecule has 0 radical (unpaired) electrons. The topological polar surface area (TPSA) is 102 Å². The van der Waals surface area contributed by atoms with Gasteiger partial charge in [-0.3, -0.25) is 0 Å². The summed E-state index contributed by atoms with van der Waals surface area (Å²) in [7, 11) is 0. The minimum Gasteiger partial charge on any atom is -0.507 e. The number of thioether (sulfide) groups is 1. The van der Waals surface area contributed by atoms with Gasteiger partial charge in [0.2, 0.25) is 5.95 Å². The molecule has 1 amide bonds. The number of nitrogens with zero attached hydrogens (tertiary/aromatic N) is 3. The van der Waals surface area contributed by atoms with Gasteiger partial charge in [0.15, 0.2) is 0 Å². The number of hydrogen-bond donors (Lipinski definition) is 2. The summed E-state index contributed by atoms with van der Waals surface area (Å²) in [5, 5.41) is 10.3. The number of amides is 1. The Labute approximate surface area is 175 Å². The summed E-state index contributed by atoms with van der Waals surface area (Å²) in [6.45, 7) is 6.76. The van der Waals surface area contributed by atoms with Crippen LogP contribution in [0.5, 0.6) is 5.75 Å². The van der Waals surface area contributed by atoms with Gasteiger partial charge in [0.25, 0.3) is 0 Å². The van der Waals surface area contributed by atoms with Gasteiger partial charge in [-0.1, -0.05) is 0 Å². The first kappa shape index (κ1) is 21.2. The first-order valence-electron chi connectivity index (χ1n) is 9.66. The lowest BCUT2D eigenvalue weighted by atomic mass is 9.93. The Kier molecular flexibility index (Phi) is 6.21. The summed E-state index contributed by atoms with van der Waals surface area (Å²) in [5.41, 5.74) is 7.43. The van der Waals surface area contributed by atoms with Gasteiger partial charge in [-0.15, -0.1) is 11.8 Å². The number of nitrogens with two attached hydrogens (primary N) is 1. The molecule has 0 saturated carbocycles. The number of aromatic hydroxyl groups is 1. The van der Waals surface area contributed by atoms with Crippen molar-refractivity contribution >= 4 is 23.8 Å². The van der Waals surface area contributed by atoms with Gasteiger partial charge in [-0.05, 0) is 64.1 Å². The molecule has 8 heteroatoms. The van der Waals surface area contributed by atoms with Crippen molar-refractivity contribution in [3.8, 4) is 17.0 Å². The summed E-state index contributed by atoms with van der Waals surface area (Å²) >= 11 is 1.59. The Morgan fingerprint density at radius 2 is 2.07 bits per heavy atom. The minimum absolute atomic E-state index is 0.0335. The highest BCUT2D eigenvalue weighted by Crippen LogP contribution is 2.34. The van der Waals surface area contributed by atoms with Gasteiger partial charge >= 0.3 is 6.09 Å². The van der Waals surface area contributed by atoms with E-state index in [-0.39, 0.29) is 23.7 Å². The maximum atomic E-state index is 12.5.